The number of aromatic amines is 1. The molecule has 0 spiro atoms. The van der Waals surface area contributed by atoms with Gasteiger partial charge in [0.1, 0.15) is 11.5 Å². The van der Waals surface area contributed by atoms with E-state index in [9.17, 15) is 0 Å². The molecular weight excluding hydrogens is 528 g/mol. The van der Waals surface area contributed by atoms with Crippen LogP contribution in [0.5, 0.6) is 11.5 Å². The van der Waals surface area contributed by atoms with Crippen molar-refractivity contribution in [2.45, 2.75) is 0 Å². The summed E-state index contributed by atoms with van der Waals surface area (Å²) in [5.41, 5.74) is 8.21. The van der Waals surface area contributed by atoms with Crippen molar-refractivity contribution >= 4 is 66.4 Å². The van der Waals surface area contributed by atoms with E-state index in [1.807, 2.05) is 84.9 Å². The van der Waals surface area contributed by atoms with E-state index in [0.717, 1.165) is 77.9 Å². The number of nitrogens with zero attached hydrogens (tertiary/aromatic N) is 1. The highest BCUT2D eigenvalue weighted by molar-refractivity contribution is 6.09. The molecule has 0 aliphatic carbocycles. The van der Waals surface area contributed by atoms with Crippen LogP contribution in [-0.4, -0.2) is 4.98 Å². The number of hydrogen-bond acceptors (Lipinski definition) is 4. The van der Waals surface area contributed by atoms with Crippen LogP contribution in [0.2, 0.25) is 0 Å². The Labute approximate surface area is 248 Å². The molecule has 0 fully saturated rings. The van der Waals surface area contributed by atoms with Crippen molar-refractivity contribution in [1.82, 2.24) is 4.98 Å². The topological polar surface area (TPSA) is 60.3 Å². The SMILES string of the molecule is c1ccc2c(Nc3ccc(Oc4ccc(Nc5c6ccccc6[nH+]c6ccccc56)cc4)cc3)c3ccccc3nc2c1. The molecule has 6 aromatic carbocycles. The van der Waals surface area contributed by atoms with Gasteiger partial charge in [-0.15, -0.1) is 0 Å². The van der Waals surface area contributed by atoms with Gasteiger partial charge in [0.05, 0.1) is 33.2 Å². The molecule has 2 heterocycles. The summed E-state index contributed by atoms with van der Waals surface area (Å²) in [4.78, 5) is 8.37. The van der Waals surface area contributed by atoms with Crippen molar-refractivity contribution < 1.29 is 9.72 Å². The highest BCUT2D eigenvalue weighted by atomic mass is 16.5. The molecule has 5 nitrogen and oxygen atoms in total. The minimum absolute atomic E-state index is 0.770. The highest BCUT2D eigenvalue weighted by Gasteiger charge is 2.14. The molecule has 8 aromatic rings. The van der Waals surface area contributed by atoms with E-state index >= 15 is 0 Å². The van der Waals surface area contributed by atoms with Gasteiger partial charge in [-0.1, -0.05) is 60.7 Å². The van der Waals surface area contributed by atoms with E-state index in [4.69, 9.17) is 9.72 Å². The quantitative estimate of drug-likeness (QED) is 0.201. The molecule has 5 heteroatoms. The molecule has 3 N–H and O–H groups in total. The maximum atomic E-state index is 6.20. The van der Waals surface area contributed by atoms with Crippen LogP contribution in [0.4, 0.5) is 22.7 Å². The first kappa shape index (κ1) is 24.8. The number of aromatic nitrogens is 2. The van der Waals surface area contributed by atoms with Crippen LogP contribution < -0.4 is 20.4 Å². The third-order valence-electron chi connectivity index (χ3n) is 7.73. The van der Waals surface area contributed by atoms with E-state index in [2.05, 4.69) is 76.3 Å². The van der Waals surface area contributed by atoms with Crippen LogP contribution in [0, 0.1) is 0 Å². The summed E-state index contributed by atoms with van der Waals surface area (Å²) in [5.74, 6) is 1.54. The molecule has 2 aromatic heterocycles. The molecule has 0 atom stereocenters. The molecule has 8 rings (SSSR count). The summed E-state index contributed by atoms with van der Waals surface area (Å²) in [7, 11) is 0. The van der Waals surface area contributed by atoms with Gasteiger partial charge in [0.15, 0.2) is 0 Å². The summed E-state index contributed by atoms with van der Waals surface area (Å²) in [6.07, 6.45) is 0. The molecule has 0 unspecified atom stereocenters. The maximum Gasteiger partial charge on any atom is 0.213 e. The van der Waals surface area contributed by atoms with Crippen molar-refractivity contribution in [3.63, 3.8) is 0 Å². The molecule has 0 aliphatic rings. The summed E-state index contributed by atoms with van der Waals surface area (Å²) < 4.78 is 6.20. The Hall–Kier alpha value is -5.94. The van der Waals surface area contributed by atoms with Gasteiger partial charge in [-0.2, -0.15) is 0 Å². The first-order valence-corrected chi connectivity index (χ1v) is 14.3. The number of para-hydroxylation sites is 4. The highest BCUT2D eigenvalue weighted by Crippen LogP contribution is 2.35. The summed E-state index contributed by atoms with van der Waals surface area (Å²) >= 11 is 0. The fourth-order valence-electron chi connectivity index (χ4n) is 5.66. The third kappa shape index (κ3) is 4.73. The van der Waals surface area contributed by atoms with E-state index in [1.54, 1.807) is 0 Å². The van der Waals surface area contributed by atoms with Crippen LogP contribution in [0.3, 0.4) is 0 Å². The van der Waals surface area contributed by atoms with Crippen LogP contribution in [-0.2, 0) is 0 Å². The second-order valence-electron chi connectivity index (χ2n) is 10.5. The predicted octanol–water partition coefficient (Wildman–Crippen LogP) is 9.79. The Bertz CT molecular complexity index is 1990. The number of H-pyrrole nitrogens is 1. The largest absolute Gasteiger partial charge is 0.457 e. The molecule has 0 saturated carbocycles. The van der Waals surface area contributed by atoms with E-state index in [-0.39, 0.29) is 0 Å². The van der Waals surface area contributed by atoms with Gasteiger partial charge in [-0.25, -0.2) is 9.97 Å². The Morgan fingerprint density at radius 2 is 0.814 bits per heavy atom. The van der Waals surface area contributed by atoms with Gasteiger partial charge in [0.25, 0.3) is 0 Å². The molecule has 204 valence electrons. The Balaban J connectivity index is 1.02. The second-order valence-corrected chi connectivity index (χ2v) is 10.5. The second kappa shape index (κ2) is 10.5. The third-order valence-corrected chi connectivity index (χ3v) is 7.73. The molecule has 0 radical (unpaired) electrons. The predicted molar refractivity (Wildman–Crippen MR) is 177 cm³/mol. The van der Waals surface area contributed by atoms with Crippen molar-refractivity contribution in [3.8, 4) is 11.5 Å². The number of fused-ring (bicyclic) bond motifs is 4. The molecule has 0 amide bonds. The average Bonchev–Trinajstić information content (AvgIpc) is 3.06. The maximum absolute atomic E-state index is 6.20. The van der Waals surface area contributed by atoms with Crippen LogP contribution in [0.25, 0.3) is 43.6 Å². The number of hydrogen-bond donors (Lipinski definition) is 2. The van der Waals surface area contributed by atoms with Crippen molar-refractivity contribution in [2.24, 2.45) is 0 Å². The van der Waals surface area contributed by atoms with Crippen LogP contribution in [0.15, 0.2) is 146 Å². The van der Waals surface area contributed by atoms with Gasteiger partial charge in [0.2, 0.25) is 11.0 Å². The lowest BCUT2D eigenvalue weighted by atomic mass is 10.1. The lowest BCUT2D eigenvalue weighted by molar-refractivity contribution is -0.310. The Morgan fingerprint density at radius 3 is 1.30 bits per heavy atom. The Kier molecular flexibility index (Phi) is 6.05. The number of anilines is 4. The van der Waals surface area contributed by atoms with Gasteiger partial charge in [0, 0.05) is 34.3 Å². The number of nitrogens with one attached hydrogen (secondary N) is 3. The number of pyridine rings is 2. The molecule has 43 heavy (non-hydrogen) atoms. The first-order chi connectivity index (χ1) is 21.3. The smallest absolute Gasteiger partial charge is 0.213 e. The fourth-order valence-corrected chi connectivity index (χ4v) is 5.66. The molecule has 0 aliphatic heterocycles. The normalized spacial score (nSPS) is 11.3. The average molecular weight is 556 g/mol. The summed E-state index contributed by atoms with van der Waals surface area (Å²) in [6.45, 7) is 0. The standard InChI is InChI=1S/C38H26N4O/c1-5-13-33-29(9-1)37(30-10-2-6-14-34(30)41-33)39-25-17-21-27(22-18-25)43-28-23-19-26(20-24-28)40-38-31-11-3-7-15-35(31)42-36-16-8-4-12-32(36)38/h1-24H,(H,39,41)(H,40,42)/p+1. The monoisotopic (exact) mass is 555 g/mol. The van der Waals surface area contributed by atoms with Gasteiger partial charge < -0.3 is 15.4 Å². The zero-order chi connectivity index (χ0) is 28.6. The summed E-state index contributed by atoms with van der Waals surface area (Å²) in [6, 6.07) is 49.3. The van der Waals surface area contributed by atoms with Gasteiger partial charge >= 0.3 is 0 Å². The van der Waals surface area contributed by atoms with Gasteiger partial charge in [-0.05, 0) is 72.8 Å². The van der Waals surface area contributed by atoms with E-state index in [0.29, 0.717) is 0 Å². The minimum Gasteiger partial charge on any atom is -0.457 e. The zero-order valence-electron chi connectivity index (χ0n) is 23.2. The van der Waals surface area contributed by atoms with Crippen molar-refractivity contribution in [1.29, 1.82) is 0 Å². The molecule has 0 bridgehead atoms. The lowest BCUT2D eigenvalue weighted by Crippen LogP contribution is -2.07. The number of rotatable bonds is 6. The molecular formula is C38H27N4O+. The number of ether oxygens (including phenoxy) is 1. The van der Waals surface area contributed by atoms with Crippen LogP contribution in [0.1, 0.15) is 0 Å². The van der Waals surface area contributed by atoms with Crippen LogP contribution >= 0.6 is 0 Å². The van der Waals surface area contributed by atoms with E-state index in [1.165, 1.54) is 0 Å². The Morgan fingerprint density at radius 1 is 0.419 bits per heavy atom. The number of benzene rings is 6. The minimum atomic E-state index is 0.770. The molecule has 0 saturated heterocycles. The van der Waals surface area contributed by atoms with Gasteiger partial charge in [-0.3, -0.25) is 0 Å². The van der Waals surface area contributed by atoms with Crippen molar-refractivity contribution in [2.75, 3.05) is 10.6 Å². The zero-order valence-corrected chi connectivity index (χ0v) is 23.2. The lowest BCUT2D eigenvalue weighted by Gasteiger charge is -2.14. The van der Waals surface area contributed by atoms with E-state index < -0.39 is 0 Å². The fraction of sp³-hybridized carbons (Fsp3) is 0. The van der Waals surface area contributed by atoms with Crippen molar-refractivity contribution in [3.05, 3.63) is 146 Å². The summed E-state index contributed by atoms with van der Waals surface area (Å²) in [5, 5.41) is 11.7. The first-order valence-electron chi connectivity index (χ1n) is 14.3.